The van der Waals surface area contributed by atoms with Crippen LogP contribution < -0.4 is 10.1 Å². The fraction of sp³-hybridized carbons (Fsp3) is 0. The van der Waals surface area contributed by atoms with Gasteiger partial charge in [0.25, 0.3) is 11.7 Å². The van der Waals surface area contributed by atoms with E-state index in [9.17, 15) is 9.59 Å². The molecule has 2 aromatic heterocycles. The van der Waals surface area contributed by atoms with Gasteiger partial charge >= 0.3 is 0 Å². The summed E-state index contributed by atoms with van der Waals surface area (Å²) in [6.45, 7) is 0. The van der Waals surface area contributed by atoms with E-state index in [4.69, 9.17) is 4.74 Å². The van der Waals surface area contributed by atoms with Crippen LogP contribution in [0.15, 0.2) is 115 Å². The molecule has 1 N–H and O–H groups in total. The van der Waals surface area contributed by atoms with Gasteiger partial charge < -0.3 is 14.5 Å². The fourth-order valence-corrected chi connectivity index (χ4v) is 3.75. The minimum atomic E-state index is -0.715. The Morgan fingerprint density at radius 1 is 0.697 bits per heavy atom. The van der Waals surface area contributed by atoms with Crippen LogP contribution in [-0.2, 0) is 4.79 Å². The number of benzene rings is 3. The summed E-state index contributed by atoms with van der Waals surface area (Å²) in [7, 11) is 0. The number of aromatic nitrogens is 1. The lowest BCUT2D eigenvalue weighted by Gasteiger charge is -2.10. The lowest BCUT2D eigenvalue weighted by atomic mass is 10.0. The predicted octanol–water partition coefficient (Wildman–Crippen LogP) is 6.22. The number of nitrogens with one attached hydrogen (secondary N) is 1. The first-order chi connectivity index (χ1) is 16.2. The van der Waals surface area contributed by atoms with Crippen molar-refractivity contribution in [2.45, 2.75) is 0 Å². The summed E-state index contributed by atoms with van der Waals surface area (Å²) in [5.74, 6) is -0.0869. The van der Waals surface area contributed by atoms with Crippen LogP contribution in [0.4, 0.5) is 5.69 Å². The zero-order valence-corrected chi connectivity index (χ0v) is 17.6. The Kier molecular flexibility index (Phi) is 5.43. The molecule has 0 atom stereocenters. The highest BCUT2D eigenvalue weighted by atomic mass is 16.5. The summed E-state index contributed by atoms with van der Waals surface area (Å²) in [5, 5.41) is 2.72. The molecule has 0 bridgehead atoms. The second kappa shape index (κ2) is 8.85. The number of carbonyl (C=O) groups excluding carboxylic acids is 2. The Hall–Kier alpha value is -4.64. The molecular weight excluding hydrogens is 412 g/mol. The summed E-state index contributed by atoms with van der Waals surface area (Å²) in [6.07, 6.45) is 1.79. The van der Waals surface area contributed by atoms with Crippen molar-refractivity contribution in [1.29, 1.82) is 0 Å². The second-order valence-corrected chi connectivity index (χ2v) is 7.49. The van der Waals surface area contributed by atoms with E-state index in [1.165, 1.54) is 0 Å². The summed E-state index contributed by atoms with van der Waals surface area (Å²) in [5.41, 5.74) is 3.22. The molecule has 0 spiro atoms. The van der Waals surface area contributed by atoms with E-state index in [-0.39, 0.29) is 0 Å². The average Bonchev–Trinajstić information content (AvgIpc) is 3.24. The molecule has 160 valence electrons. The number of Topliss-reactive ketones (excluding diaryl/α,β-unsaturated/α-hetero) is 1. The Balaban J connectivity index is 1.44. The molecule has 0 saturated carbocycles. The highest BCUT2D eigenvalue weighted by Crippen LogP contribution is 2.29. The van der Waals surface area contributed by atoms with Gasteiger partial charge in [-0.1, -0.05) is 60.7 Å². The molecule has 5 heteroatoms. The lowest BCUT2D eigenvalue weighted by molar-refractivity contribution is -0.112. The molecule has 0 saturated heterocycles. The highest BCUT2D eigenvalue weighted by molar-refractivity contribution is 6.47. The topological polar surface area (TPSA) is 59.8 Å². The molecule has 33 heavy (non-hydrogen) atoms. The number of rotatable bonds is 6. The Morgan fingerprint density at radius 2 is 1.39 bits per heavy atom. The largest absolute Gasteiger partial charge is 0.457 e. The highest BCUT2D eigenvalue weighted by Gasteiger charge is 2.24. The molecule has 5 nitrogen and oxygen atoms in total. The standard InChI is InChI=1S/C28H20N2O3/c31-27(26-25(20-10-3-1-4-11-20)19-22-13-7-8-17-30(22)26)28(32)29-21-12-9-16-24(18-21)33-23-14-5-2-6-15-23/h1-19H,(H,29,32). The number of fused-ring (bicyclic) bond motifs is 1. The van der Waals surface area contributed by atoms with Crippen LogP contribution in [0.25, 0.3) is 16.6 Å². The zero-order valence-electron chi connectivity index (χ0n) is 17.6. The molecule has 0 radical (unpaired) electrons. The molecule has 0 unspecified atom stereocenters. The van der Waals surface area contributed by atoms with E-state index in [0.717, 1.165) is 11.1 Å². The number of carbonyl (C=O) groups is 2. The van der Waals surface area contributed by atoms with Crippen LogP contribution in [0, 0.1) is 0 Å². The second-order valence-electron chi connectivity index (χ2n) is 7.49. The summed E-state index contributed by atoms with van der Waals surface area (Å²) in [4.78, 5) is 26.3. The number of nitrogens with zero attached hydrogens (tertiary/aromatic N) is 1. The monoisotopic (exact) mass is 432 g/mol. The minimum Gasteiger partial charge on any atom is -0.457 e. The van der Waals surface area contributed by atoms with E-state index < -0.39 is 11.7 Å². The molecule has 2 heterocycles. The normalized spacial score (nSPS) is 10.7. The van der Waals surface area contributed by atoms with Crippen molar-refractivity contribution in [2.24, 2.45) is 0 Å². The predicted molar refractivity (Wildman–Crippen MR) is 129 cm³/mol. The lowest BCUT2D eigenvalue weighted by Crippen LogP contribution is -2.24. The summed E-state index contributed by atoms with van der Waals surface area (Å²) >= 11 is 0. The number of hydrogen-bond donors (Lipinski definition) is 1. The van der Waals surface area contributed by atoms with Gasteiger partial charge in [-0.3, -0.25) is 9.59 Å². The third kappa shape index (κ3) is 4.25. The molecule has 0 aliphatic rings. The number of pyridine rings is 1. The van der Waals surface area contributed by atoms with Gasteiger partial charge in [-0.2, -0.15) is 0 Å². The van der Waals surface area contributed by atoms with Crippen molar-refractivity contribution in [3.63, 3.8) is 0 Å². The van der Waals surface area contributed by atoms with Crippen LogP contribution in [0.3, 0.4) is 0 Å². The molecule has 1 amide bonds. The smallest absolute Gasteiger partial charge is 0.298 e. The van der Waals surface area contributed by atoms with Crippen LogP contribution in [0.1, 0.15) is 10.5 Å². The minimum absolute atomic E-state index is 0.325. The third-order valence-electron chi connectivity index (χ3n) is 5.26. The number of anilines is 1. The number of ketones is 1. The maximum atomic E-state index is 13.3. The van der Waals surface area contributed by atoms with E-state index >= 15 is 0 Å². The molecule has 0 fully saturated rings. The molecule has 0 aliphatic carbocycles. The van der Waals surface area contributed by atoms with E-state index in [1.54, 1.807) is 34.9 Å². The van der Waals surface area contributed by atoms with Gasteiger partial charge in [-0.25, -0.2) is 0 Å². The number of ether oxygens (including phenoxy) is 1. The zero-order chi connectivity index (χ0) is 22.6. The molecule has 0 aliphatic heterocycles. The van der Waals surface area contributed by atoms with Gasteiger partial charge in [-0.15, -0.1) is 0 Å². The van der Waals surface area contributed by atoms with Gasteiger partial charge in [0.05, 0.1) is 0 Å². The molecular formula is C28H20N2O3. The number of para-hydroxylation sites is 1. The van der Waals surface area contributed by atoms with Crippen molar-refractivity contribution in [3.8, 4) is 22.6 Å². The SMILES string of the molecule is O=C(Nc1cccc(Oc2ccccc2)c1)C(=O)c1c(-c2ccccc2)cc2ccccn12. The Morgan fingerprint density at radius 3 is 2.18 bits per heavy atom. The summed E-state index contributed by atoms with van der Waals surface area (Å²) in [6, 6.07) is 33.5. The first kappa shape index (κ1) is 20.3. The van der Waals surface area contributed by atoms with Crippen molar-refractivity contribution in [2.75, 3.05) is 5.32 Å². The first-order valence-corrected chi connectivity index (χ1v) is 10.5. The number of amides is 1. The van der Waals surface area contributed by atoms with Crippen LogP contribution in [0.5, 0.6) is 11.5 Å². The first-order valence-electron chi connectivity index (χ1n) is 10.5. The molecule has 5 rings (SSSR count). The van der Waals surface area contributed by atoms with Gasteiger partial charge in [0, 0.05) is 29.0 Å². The molecule has 5 aromatic rings. The van der Waals surface area contributed by atoms with E-state index in [1.807, 2.05) is 84.9 Å². The Bertz CT molecular complexity index is 1440. The maximum Gasteiger partial charge on any atom is 0.298 e. The number of hydrogen-bond acceptors (Lipinski definition) is 3. The van der Waals surface area contributed by atoms with Gasteiger partial charge in [0.2, 0.25) is 0 Å². The van der Waals surface area contributed by atoms with Gasteiger partial charge in [0.1, 0.15) is 17.2 Å². The van der Waals surface area contributed by atoms with Crippen LogP contribution in [0.2, 0.25) is 0 Å². The summed E-state index contributed by atoms with van der Waals surface area (Å²) < 4.78 is 7.58. The van der Waals surface area contributed by atoms with Gasteiger partial charge in [-0.05, 0) is 48.0 Å². The third-order valence-corrected chi connectivity index (χ3v) is 5.26. The van der Waals surface area contributed by atoms with Crippen molar-refractivity contribution in [3.05, 3.63) is 121 Å². The maximum absolute atomic E-state index is 13.3. The Labute approximate surface area is 190 Å². The quantitative estimate of drug-likeness (QED) is 0.256. The fourth-order valence-electron chi connectivity index (χ4n) is 3.75. The van der Waals surface area contributed by atoms with E-state index in [2.05, 4.69) is 5.32 Å². The molecule has 3 aromatic carbocycles. The van der Waals surface area contributed by atoms with Crippen LogP contribution >= 0.6 is 0 Å². The van der Waals surface area contributed by atoms with Crippen molar-refractivity contribution >= 4 is 22.9 Å². The van der Waals surface area contributed by atoms with Crippen molar-refractivity contribution < 1.29 is 14.3 Å². The van der Waals surface area contributed by atoms with Crippen molar-refractivity contribution in [1.82, 2.24) is 4.40 Å². The van der Waals surface area contributed by atoms with Crippen LogP contribution in [-0.4, -0.2) is 16.1 Å². The van der Waals surface area contributed by atoms with E-state index in [0.29, 0.717) is 28.4 Å². The van der Waals surface area contributed by atoms with Gasteiger partial charge in [0.15, 0.2) is 0 Å². The average molecular weight is 432 g/mol.